The average Bonchev–Trinajstić information content (AvgIpc) is 3.04. The van der Waals surface area contributed by atoms with Crippen LogP contribution in [0, 0.1) is 11.3 Å². The summed E-state index contributed by atoms with van der Waals surface area (Å²) in [4.78, 5) is 37.0. The minimum atomic E-state index is -0.781. The molecule has 1 aromatic rings. The number of aliphatic carboxylic acids is 1. The minimum absolute atomic E-state index is 0.0580. The zero-order valence-electron chi connectivity index (χ0n) is 13.0. The van der Waals surface area contributed by atoms with Gasteiger partial charge >= 0.3 is 5.97 Å². The van der Waals surface area contributed by atoms with Crippen molar-refractivity contribution in [1.82, 2.24) is 4.90 Å². The van der Waals surface area contributed by atoms with E-state index in [0.717, 1.165) is 12.8 Å². The molecule has 0 unspecified atom stereocenters. The molecule has 23 heavy (non-hydrogen) atoms. The summed E-state index contributed by atoms with van der Waals surface area (Å²) in [5.41, 5.74) is 0.389. The van der Waals surface area contributed by atoms with E-state index in [1.54, 1.807) is 29.2 Å². The summed E-state index contributed by atoms with van der Waals surface area (Å²) in [7, 11) is 0. The number of hydrogen-bond donors (Lipinski definition) is 2. The molecule has 1 heterocycles. The van der Waals surface area contributed by atoms with Crippen molar-refractivity contribution in [3.63, 3.8) is 0 Å². The molecule has 0 aromatic heterocycles. The third-order valence-electron chi connectivity index (χ3n) is 5.04. The zero-order chi connectivity index (χ0) is 16.6. The van der Waals surface area contributed by atoms with Crippen molar-refractivity contribution in [2.75, 3.05) is 18.4 Å². The van der Waals surface area contributed by atoms with Crippen LogP contribution < -0.4 is 5.32 Å². The molecule has 122 valence electrons. The van der Waals surface area contributed by atoms with Crippen molar-refractivity contribution in [2.24, 2.45) is 11.3 Å². The monoisotopic (exact) mass is 316 g/mol. The molecule has 0 radical (unpaired) electrons. The van der Waals surface area contributed by atoms with Gasteiger partial charge in [-0.15, -0.1) is 0 Å². The van der Waals surface area contributed by atoms with Gasteiger partial charge in [0.15, 0.2) is 0 Å². The summed E-state index contributed by atoms with van der Waals surface area (Å²) >= 11 is 0. The first-order chi connectivity index (χ1) is 10.9. The second kappa shape index (κ2) is 5.68. The molecule has 2 N–H and O–H groups in total. The number of anilines is 1. The fraction of sp³-hybridized carbons (Fsp3) is 0.471. The van der Waals surface area contributed by atoms with Gasteiger partial charge in [0.2, 0.25) is 5.91 Å². The Kier molecular flexibility index (Phi) is 3.83. The molecule has 1 saturated heterocycles. The number of amides is 2. The Morgan fingerprint density at radius 2 is 1.96 bits per heavy atom. The smallest absolute Gasteiger partial charge is 0.311 e. The summed E-state index contributed by atoms with van der Waals surface area (Å²) in [6.45, 7) is 2.23. The molecule has 2 atom stereocenters. The number of carboxylic acids is 1. The molecule has 2 amide bonds. The molecular weight excluding hydrogens is 296 g/mol. The first-order valence-corrected chi connectivity index (χ1v) is 7.83. The molecule has 2 aliphatic rings. The summed E-state index contributed by atoms with van der Waals surface area (Å²) < 4.78 is 0. The van der Waals surface area contributed by atoms with E-state index in [1.807, 2.05) is 0 Å². The Morgan fingerprint density at radius 1 is 1.26 bits per heavy atom. The lowest BCUT2D eigenvalue weighted by atomic mass is 9.81. The maximum absolute atomic E-state index is 12.6. The summed E-state index contributed by atoms with van der Waals surface area (Å²) in [5.74, 6) is -1.03. The highest BCUT2D eigenvalue weighted by atomic mass is 16.4. The number of benzene rings is 1. The second-order valence-corrected chi connectivity index (χ2v) is 6.49. The maximum Gasteiger partial charge on any atom is 0.311 e. The van der Waals surface area contributed by atoms with Gasteiger partial charge in [0.25, 0.3) is 5.91 Å². The number of fused-ring (bicyclic) bond motifs is 1. The Labute approximate surface area is 134 Å². The van der Waals surface area contributed by atoms with Crippen molar-refractivity contribution in [3.8, 4) is 0 Å². The standard InChI is InChI=1S/C17H20N2O4/c1-11(20)18-14-6-4-12(5-7-14)15(21)19-9-13-3-2-8-17(13,10-19)16(22)23/h4-7,13H,2-3,8-10H2,1H3,(H,18,20)(H,22,23)/t13-,17+/m0/s1. The van der Waals surface area contributed by atoms with Crippen LogP contribution in [0.2, 0.25) is 0 Å². The number of rotatable bonds is 3. The van der Waals surface area contributed by atoms with Crippen molar-refractivity contribution in [2.45, 2.75) is 26.2 Å². The predicted molar refractivity (Wildman–Crippen MR) is 84.1 cm³/mol. The SMILES string of the molecule is CC(=O)Nc1ccc(C(=O)N2C[C@@H]3CCC[C@@]3(C(=O)O)C2)cc1. The lowest BCUT2D eigenvalue weighted by Crippen LogP contribution is -2.37. The van der Waals surface area contributed by atoms with E-state index in [0.29, 0.717) is 30.8 Å². The van der Waals surface area contributed by atoms with Crippen LogP contribution in [0.1, 0.15) is 36.5 Å². The molecule has 0 bridgehead atoms. The lowest BCUT2D eigenvalue weighted by Gasteiger charge is -2.23. The molecule has 1 saturated carbocycles. The quantitative estimate of drug-likeness (QED) is 0.892. The van der Waals surface area contributed by atoms with Gasteiger partial charge in [0.05, 0.1) is 5.41 Å². The summed E-state index contributed by atoms with van der Waals surface area (Å²) in [6, 6.07) is 6.68. The van der Waals surface area contributed by atoms with Crippen molar-refractivity contribution in [3.05, 3.63) is 29.8 Å². The maximum atomic E-state index is 12.6. The van der Waals surface area contributed by atoms with E-state index in [2.05, 4.69) is 5.32 Å². The van der Waals surface area contributed by atoms with E-state index >= 15 is 0 Å². The van der Waals surface area contributed by atoms with E-state index in [9.17, 15) is 19.5 Å². The van der Waals surface area contributed by atoms with Crippen LogP contribution in [-0.4, -0.2) is 40.9 Å². The van der Waals surface area contributed by atoms with Crippen LogP contribution in [0.3, 0.4) is 0 Å². The van der Waals surface area contributed by atoms with Crippen LogP contribution in [-0.2, 0) is 9.59 Å². The van der Waals surface area contributed by atoms with Crippen molar-refractivity contribution >= 4 is 23.5 Å². The number of carboxylic acid groups (broad SMARTS) is 1. The number of carbonyl (C=O) groups excluding carboxylic acids is 2. The van der Waals surface area contributed by atoms with Crippen LogP contribution in [0.15, 0.2) is 24.3 Å². The van der Waals surface area contributed by atoms with Crippen LogP contribution in [0.5, 0.6) is 0 Å². The van der Waals surface area contributed by atoms with Gasteiger partial charge in [0.1, 0.15) is 0 Å². The lowest BCUT2D eigenvalue weighted by molar-refractivity contribution is -0.149. The summed E-state index contributed by atoms with van der Waals surface area (Å²) in [6.07, 6.45) is 2.44. The highest BCUT2D eigenvalue weighted by Crippen LogP contribution is 2.49. The molecule has 6 nitrogen and oxygen atoms in total. The Bertz CT molecular complexity index is 655. The summed E-state index contributed by atoms with van der Waals surface area (Å²) in [5, 5.41) is 12.2. The largest absolute Gasteiger partial charge is 0.481 e. The molecule has 3 rings (SSSR count). The third-order valence-corrected chi connectivity index (χ3v) is 5.04. The van der Waals surface area contributed by atoms with Gasteiger partial charge in [-0.3, -0.25) is 14.4 Å². The van der Waals surface area contributed by atoms with Crippen LogP contribution in [0.25, 0.3) is 0 Å². The third kappa shape index (κ3) is 2.69. The molecule has 6 heteroatoms. The zero-order valence-corrected chi connectivity index (χ0v) is 13.0. The normalized spacial score (nSPS) is 26.0. The first kappa shape index (κ1) is 15.5. The van der Waals surface area contributed by atoms with Crippen LogP contribution in [0.4, 0.5) is 5.69 Å². The van der Waals surface area contributed by atoms with Crippen molar-refractivity contribution in [1.29, 1.82) is 0 Å². The van der Waals surface area contributed by atoms with E-state index < -0.39 is 11.4 Å². The van der Waals surface area contributed by atoms with E-state index in [-0.39, 0.29) is 17.7 Å². The van der Waals surface area contributed by atoms with Crippen molar-refractivity contribution < 1.29 is 19.5 Å². The Morgan fingerprint density at radius 3 is 2.52 bits per heavy atom. The van der Waals surface area contributed by atoms with Gasteiger partial charge in [0, 0.05) is 31.3 Å². The number of nitrogens with one attached hydrogen (secondary N) is 1. The van der Waals surface area contributed by atoms with E-state index in [4.69, 9.17) is 0 Å². The molecule has 1 aliphatic carbocycles. The van der Waals surface area contributed by atoms with Gasteiger partial charge in [-0.25, -0.2) is 0 Å². The van der Waals surface area contributed by atoms with Gasteiger partial charge in [-0.2, -0.15) is 0 Å². The first-order valence-electron chi connectivity index (χ1n) is 7.83. The second-order valence-electron chi connectivity index (χ2n) is 6.49. The number of nitrogens with zero attached hydrogens (tertiary/aromatic N) is 1. The predicted octanol–water partition coefficient (Wildman–Crippen LogP) is 1.97. The fourth-order valence-electron chi connectivity index (χ4n) is 3.88. The van der Waals surface area contributed by atoms with Gasteiger partial charge < -0.3 is 15.3 Å². The fourth-order valence-corrected chi connectivity index (χ4v) is 3.88. The number of likely N-dealkylation sites (tertiary alicyclic amines) is 1. The number of carbonyl (C=O) groups is 3. The highest BCUT2D eigenvalue weighted by molar-refractivity contribution is 5.96. The Balaban J connectivity index is 1.74. The van der Waals surface area contributed by atoms with E-state index in [1.165, 1.54) is 6.92 Å². The molecular formula is C17H20N2O4. The molecule has 1 aromatic carbocycles. The highest BCUT2D eigenvalue weighted by Gasteiger charge is 2.55. The molecule has 1 aliphatic heterocycles. The van der Waals surface area contributed by atoms with Crippen LogP contribution >= 0.6 is 0 Å². The number of hydrogen-bond acceptors (Lipinski definition) is 3. The van der Waals surface area contributed by atoms with Gasteiger partial charge in [-0.1, -0.05) is 6.42 Å². The Hall–Kier alpha value is -2.37. The molecule has 2 fully saturated rings. The van der Waals surface area contributed by atoms with Gasteiger partial charge in [-0.05, 0) is 43.0 Å². The molecule has 0 spiro atoms. The topological polar surface area (TPSA) is 86.7 Å². The minimum Gasteiger partial charge on any atom is -0.481 e. The average molecular weight is 316 g/mol.